The van der Waals surface area contributed by atoms with E-state index in [1.165, 1.54) is 44.9 Å². The van der Waals surface area contributed by atoms with E-state index < -0.39 is 0 Å². The van der Waals surface area contributed by atoms with Gasteiger partial charge in [-0.05, 0) is 62.2 Å². The summed E-state index contributed by atoms with van der Waals surface area (Å²) in [6.07, 6.45) is 11.3. The number of nitrogens with zero attached hydrogens (tertiary/aromatic N) is 1. The number of amides is 1. The average Bonchev–Trinajstić information content (AvgIpc) is 2.83. The van der Waals surface area contributed by atoms with E-state index >= 15 is 0 Å². The van der Waals surface area contributed by atoms with Gasteiger partial charge in [0.1, 0.15) is 0 Å². The minimum absolute atomic E-state index is 0. The van der Waals surface area contributed by atoms with Gasteiger partial charge in [0.05, 0.1) is 0 Å². The fourth-order valence-electron chi connectivity index (χ4n) is 5.46. The van der Waals surface area contributed by atoms with Crippen LogP contribution in [0.3, 0.4) is 0 Å². The highest BCUT2D eigenvalue weighted by atomic mass is 35.5. The summed E-state index contributed by atoms with van der Waals surface area (Å²) < 4.78 is 0. The Morgan fingerprint density at radius 2 is 1.71 bits per heavy atom. The van der Waals surface area contributed by atoms with Crippen molar-refractivity contribution >= 4 is 18.3 Å². The molecule has 0 aromatic carbocycles. The van der Waals surface area contributed by atoms with E-state index in [2.05, 4.69) is 4.90 Å². The molecule has 1 heterocycles. The Labute approximate surface area is 134 Å². The molecule has 1 aliphatic heterocycles. The molecule has 3 saturated carbocycles. The van der Waals surface area contributed by atoms with Gasteiger partial charge in [-0.3, -0.25) is 4.79 Å². The quantitative estimate of drug-likeness (QED) is 0.809. The van der Waals surface area contributed by atoms with Gasteiger partial charge < -0.3 is 10.6 Å². The molecule has 21 heavy (non-hydrogen) atoms. The first-order valence-corrected chi connectivity index (χ1v) is 8.71. The maximum Gasteiger partial charge on any atom is 0.225 e. The zero-order chi connectivity index (χ0) is 13.7. The lowest BCUT2D eigenvalue weighted by molar-refractivity contribution is -0.138. The van der Waals surface area contributed by atoms with Crippen LogP contribution in [0.4, 0.5) is 0 Å². The van der Waals surface area contributed by atoms with E-state index in [0.717, 1.165) is 25.9 Å². The molecule has 4 rings (SSSR count). The third-order valence-corrected chi connectivity index (χ3v) is 6.93. The number of hydrogen-bond donors (Lipinski definition) is 1. The summed E-state index contributed by atoms with van der Waals surface area (Å²) in [5.41, 5.74) is 6.89. The fourth-order valence-corrected chi connectivity index (χ4v) is 5.46. The van der Waals surface area contributed by atoms with Crippen LogP contribution in [0.25, 0.3) is 0 Å². The Balaban J connectivity index is 0.00000132. The predicted octanol–water partition coefficient (Wildman–Crippen LogP) is 2.96. The number of carbonyl (C=O) groups excluding carboxylic acids is 1. The first-order chi connectivity index (χ1) is 9.67. The summed E-state index contributed by atoms with van der Waals surface area (Å²) in [5.74, 6) is 2.01. The largest absolute Gasteiger partial charge is 0.342 e. The van der Waals surface area contributed by atoms with Gasteiger partial charge in [0.15, 0.2) is 0 Å². The highest BCUT2D eigenvalue weighted by molar-refractivity contribution is 5.85. The van der Waals surface area contributed by atoms with Crippen molar-refractivity contribution in [2.75, 3.05) is 13.1 Å². The molecule has 1 amide bonds. The van der Waals surface area contributed by atoms with Crippen molar-refractivity contribution in [2.24, 2.45) is 28.9 Å². The lowest BCUT2D eigenvalue weighted by atomic mass is 9.65. The number of fused-ring (bicyclic) bond motifs is 2. The Bertz CT molecular complexity index is 396. The molecule has 2 bridgehead atoms. The molecule has 4 fully saturated rings. The van der Waals surface area contributed by atoms with Gasteiger partial charge in [0, 0.05) is 25.0 Å². The van der Waals surface area contributed by atoms with Crippen LogP contribution in [-0.4, -0.2) is 29.9 Å². The van der Waals surface area contributed by atoms with Crippen LogP contribution in [0.15, 0.2) is 0 Å². The number of carbonyl (C=O) groups is 1. The summed E-state index contributed by atoms with van der Waals surface area (Å²) in [5, 5.41) is 0. The molecule has 2 atom stereocenters. The van der Waals surface area contributed by atoms with E-state index in [1.807, 2.05) is 0 Å². The van der Waals surface area contributed by atoms with E-state index in [4.69, 9.17) is 5.73 Å². The van der Waals surface area contributed by atoms with E-state index in [-0.39, 0.29) is 12.4 Å². The second-order valence-electron chi connectivity index (χ2n) is 8.06. The summed E-state index contributed by atoms with van der Waals surface area (Å²) in [6.45, 7) is 2.08. The second kappa shape index (κ2) is 5.73. The Morgan fingerprint density at radius 1 is 1.05 bits per heavy atom. The van der Waals surface area contributed by atoms with Gasteiger partial charge in [-0.1, -0.05) is 12.8 Å². The third kappa shape index (κ3) is 2.61. The van der Waals surface area contributed by atoms with Crippen LogP contribution in [-0.2, 0) is 4.79 Å². The number of halogens is 1. The Hall–Kier alpha value is -0.280. The molecule has 0 aromatic heterocycles. The van der Waals surface area contributed by atoms with Crippen molar-refractivity contribution in [2.45, 2.75) is 63.8 Å². The van der Waals surface area contributed by atoms with Crippen LogP contribution in [0.5, 0.6) is 0 Å². The first kappa shape index (κ1) is 15.6. The molecule has 1 spiro atoms. The Morgan fingerprint density at radius 3 is 2.24 bits per heavy atom. The zero-order valence-electron chi connectivity index (χ0n) is 12.9. The number of likely N-dealkylation sites (tertiary alicyclic amines) is 1. The highest BCUT2D eigenvalue weighted by Crippen LogP contribution is 2.49. The lowest BCUT2D eigenvalue weighted by Crippen LogP contribution is -2.49. The third-order valence-electron chi connectivity index (χ3n) is 6.93. The Kier molecular flexibility index (Phi) is 4.26. The van der Waals surface area contributed by atoms with E-state index in [0.29, 0.717) is 35.1 Å². The predicted molar refractivity (Wildman–Crippen MR) is 86.3 cm³/mol. The normalized spacial score (nSPS) is 40.5. The zero-order valence-corrected chi connectivity index (χ0v) is 13.7. The summed E-state index contributed by atoms with van der Waals surface area (Å²) in [7, 11) is 0. The molecule has 120 valence electrons. The lowest BCUT2D eigenvalue weighted by Gasteiger charge is -2.44. The molecule has 0 aromatic rings. The van der Waals surface area contributed by atoms with Gasteiger partial charge >= 0.3 is 0 Å². The smallest absolute Gasteiger partial charge is 0.225 e. The number of nitrogens with two attached hydrogens (primary N) is 1. The first-order valence-electron chi connectivity index (χ1n) is 8.71. The van der Waals surface area contributed by atoms with Gasteiger partial charge in [0.25, 0.3) is 0 Å². The molecular weight excluding hydrogens is 284 g/mol. The standard InChI is InChI=1S/C17H28N2O.ClH/c18-15-12-3-1-4-13(15)10-14(9-12)16(20)19-8-7-17(11-19)5-2-6-17;/h12-15H,1-11,18H2;1H. The van der Waals surface area contributed by atoms with Crippen molar-refractivity contribution in [3.8, 4) is 0 Å². The fraction of sp³-hybridized carbons (Fsp3) is 0.941. The van der Waals surface area contributed by atoms with Crippen molar-refractivity contribution in [3.63, 3.8) is 0 Å². The van der Waals surface area contributed by atoms with Gasteiger partial charge in [0.2, 0.25) is 5.91 Å². The molecule has 2 unspecified atom stereocenters. The minimum Gasteiger partial charge on any atom is -0.342 e. The average molecular weight is 313 g/mol. The topological polar surface area (TPSA) is 46.3 Å². The van der Waals surface area contributed by atoms with Crippen molar-refractivity contribution in [3.05, 3.63) is 0 Å². The van der Waals surface area contributed by atoms with Crippen LogP contribution in [0, 0.1) is 23.2 Å². The molecule has 2 N–H and O–H groups in total. The van der Waals surface area contributed by atoms with Crippen molar-refractivity contribution in [1.29, 1.82) is 0 Å². The summed E-state index contributed by atoms with van der Waals surface area (Å²) in [6, 6.07) is 0.379. The van der Waals surface area contributed by atoms with Crippen molar-refractivity contribution in [1.82, 2.24) is 4.90 Å². The molecule has 4 heteroatoms. The van der Waals surface area contributed by atoms with Crippen LogP contribution in [0.1, 0.15) is 57.8 Å². The number of hydrogen-bond acceptors (Lipinski definition) is 2. The summed E-state index contributed by atoms with van der Waals surface area (Å²) >= 11 is 0. The molecule has 3 nitrogen and oxygen atoms in total. The molecule has 0 radical (unpaired) electrons. The van der Waals surface area contributed by atoms with Gasteiger partial charge in [-0.15, -0.1) is 12.4 Å². The monoisotopic (exact) mass is 312 g/mol. The maximum atomic E-state index is 12.9. The van der Waals surface area contributed by atoms with Crippen LogP contribution < -0.4 is 5.73 Å². The summed E-state index contributed by atoms with van der Waals surface area (Å²) in [4.78, 5) is 15.1. The highest BCUT2D eigenvalue weighted by Gasteiger charge is 2.47. The minimum atomic E-state index is 0. The van der Waals surface area contributed by atoms with Crippen molar-refractivity contribution < 1.29 is 4.79 Å². The van der Waals surface area contributed by atoms with Gasteiger partial charge in [-0.25, -0.2) is 0 Å². The van der Waals surface area contributed by atoms with Gasteiger partial charge in [-0.2, -0.15) is 0 Å². The van der Waals surface area contributed by atoms with Crippen LogP contribution >= 0.6 is 12.4 Å². The molecule has 3 aliphatic carbocycles. The van der Waals surface area contributed by atoms with E-state index in [1.54, 1.807) is 0 Å². The number of rotatable bonds is 1. The molecular formula is C17H29ClN2O. The molecule has 4 aliphatic rings. The SMILES string of the molecule is Cl.NC1C2CCCC1CC(C(=O)N1CCC3(CCC3)C1)C2. The maximum absolute atomic E-state index is 12.9. The molecule has 1 saturated heterocycles. The van der Waals surface area contributed by atoms with E-state index in [9.17, 15) is 4.79 Å². The van der Waals surface area contributed by atoms with Crippen LogP contribution in [0.2, 0.25) is 0 Å². The second-order valence-corrected chi connectivity index (χ2v) is 8.06.